The number of carbonyl (C=O) groups is 1. The number of H-pyrrole nitrogens is 2. The lowest BCUT2D eigenvalue weighted by atomic mass is 9.95. The summed E-state index contributed by atoms with van der Waals surface area (Å²) >= 11 is 6.03. The SMILES string of the molecule is CN(C(=O)c1cc2cc(Cl)ccc2[nH]1)C1COCc2[nH]c(=O)c3cc(F)c(F)cc3c21. The van der Waals surface area contributed by atoms with Crippen molar-refractivity contribution in [3.05, 3.63) is 80.4 Å². The third-order valence-corrected chi connectivity index (χ3v) is 5.88. The van der Waals surface area contributed by atoms with Gasteiger partial charge in [-0.1, -0.05) is 11.6 Å². The summed E-state index contributed by atoms with van der Waals surface area (Å²) in [4.78, 5) is 32.8. The number of nitrogens with zero attached hydrogens (tertiary/aromatic N) is 1. The number of benzene rings is 2. The van der Waals surface area contributed by atoms with Gasteiger partial charge in [-0.2, -0.15) is 0 Å². The summed E-state index contributed by atoms with van der Waals surface area (Å²) in [6.45, 7) is 0.240. The number of pyridine rings is 1. The molecule has 0 spiro atoms. The first-order chi connectivity index (χ1) is 14.8. The number of hydrogen-bond donors (Lipinski definition) is 2. The number of ether oxygens (including phenoxy) is 1. The van der Waals surface area contributed by atoms with Gasteiger partial charge in [0, 0.05) is 34.2 Å². The highest BCUT2D eigenvalue weighted by Gasteiger charge is 2.32. The minimum Gasteiger partial charge on any atom is -0.373 e. The number of aromatic nitrogens is 2. The summed E-state index contributed by atoms with van der Waals surface area (Å²) in [6.07, 6.45) is 0. The molecule has 3 heterocycles. The van der Waals surface area contributed by atoms with E-state index in [9.17, 15) is 18.4 Å². The lowest BCUT2D eigenvalue weighted by Gasteiger charge is -2.33. The Morgan fingerprint density at radius 3 is 2.65 bits per heavy atom. The van der Waals surface area contributed by atoms with Crippen LogP contribution >= 0.6 is 11.6 Å². The molecule has 1 aliphatic heterocycles. The summed E-state index contributed by atoms with van der Waals surface area (Å²) in [5, 5.41) is 1.62. The van der Waals surface area contributed by atoms with Crippen molar-refractivity contribution in [2.75, 3.05) is 13.7 Å². The van der Waals surface area contributed by atoms with Crippen molar-refractivity contribution in [3.8, 4) is 0 Å². The molecule has 0 saturated heterocycles. The lowest BCUT2D eigenvalue weighted by molar-refractivity contribution is 0.0333. The monoisotopic (exact) mass is 443 g/mol. The predicted molar refractivity (Wildman–Crippen MR) is 112 cm³/mol. The molecule has 0 radical (unpaired) electrons. The lowest BCUT2D eigenvalue weighted by Crippen LogP contribution is -2.37. The molecule has 0 fully saturated rings. The van der Waals surface area contributed by atoms with Crippen LogP contribution in [-0.2, 0) is 11.3 Å². The van der Waals surface area contributed by atoms with Gasteiger partial charge in [0.15, 0.2) is 11.6 Å². The van der Waals surface area contributed by atoms with Gasteiger partial charge >= 0.3 is 0 Å². The maximum Gasteiger partial charge on any atom is 0.270 e. The summed E-state index contributed by atoms with van der Waals surface area (Å²) < 4.78 is 33.4. The van der Waals surface area contributed by atoms with Gasteiger partial charge in [-0.3, -0.25) is 9.59 Å². The van der Waals surface area contributed by atoms with E-state index in [1.54, 1.807) is 31.3 Å². The van der Waals surface area contributed by atoms with Gasteiger partial charge in [-0.15, -0.1) is 0 Å². The Labute approximate surface area is 179 Å². The molecule has 0 saturated carbocycles. The third-order valence-electron chi connectivity index (χ3n) is 5.64. The van der Waals surface area contributed by atoms with Crippen molar-refractivity contribution in [2.24, 2.45) is 0 Å². The molecule has 2 aromatic carbocycles. The van der Waals surface area contributed by atoms with Crippen LogP contribution in [-0.4, -0.2) is 34.4 Å². The van der Waals surface area contributed by atoms with Crippen LogP contribution in [0.3, 0.4) is 0 Å². The summed E-state index contributed by atoms with van der Waals surface area (Å²) in [6, 6.07) is 8.21. The van der Waals surface area contributed by atoms with Gasteiger partial charge in [0.1, 0.15) is 5.69 Å². The fourth-order valence-corrected chi connectivity index (χ4v) is 4.28. The molecule has 1 amide bonds. The Kier molecular flexibility index (Phi) is 4.56. The fourth-order valence-electron chi connectivity index (χ4n) is 4.10. The number of hydrogen-bond acceptors (Lipinski definition) is 3. The minimum absolute atomic E-state index is 0.0191. The normalized spacial score (nSPS) is 15.9. The van der Waals surface area contributed by atoms with Crippen LogP contribution in [0.25, 0.3) is 21.7 Å². The van der Waals surface area contributed by atoms with Crippen LogP contribution in [0.2, 0.25) is 5.02 Å². The molecule has 1 aliphatic rings. The smallest absolute Gasteiger partial charge is 0.270 e. The Hall–Kier alpha value is -3.23. The highest BCUT2D eigenvalue weighted by Crippen LogP contribution is 2.34. The van der Waals surface area contributed by atoms with Crippen molar-refractivity contribution in [3.63, 3.8) is 0 Å². The second kappa shape index (κ2) is 7.18. The summed E-state index contributed by atoms with van der Waals surface area (Å²) in [5.74, 6) is -2.49. The fraction of sp³-hybridized carbons (Fsp3) is 0.182. The topological polar surface area (TPSA) is 78.2 Å². The number of rotatable bonds is 2. The van der Waals surface area contributed by atoms with E-state index in [0.717, 1.165) is 23.0 Å². The molecule has 0 aliphatic carbocycles. The second-order valence-corrected chi connectivity index (χ2v) is 7.96. The largest absolute Gasteiger partial charge is 0.373 e. The van der Waals surface area contributed by atoms with Crippen LogP contribution in [0, 0.1) is 11.6 Å². The van der Waals surface area contributed by atoms with Gasteiger partial charge < -0.3 is 19.6 Å². The molecular formula is C22H16ClF2N3O3. The zero-order chi connectivity index (χ0) is 21.9. The maximum absolute atomic E-state index is 14.0. The zero-order valence-corrected chi connectivity index (χ0v) is 17.0. The van der Waals surface area contributed by atoms with Gasteiger partial charge in [0.2, 0.25) is 0 Å². The Balaban J connectivity index is 1.61. The van der Waals surface area contributed by atoms with Gasteiger partial charge in [-0.05, 0) is 41.8 Å². The first-order valence-electron chi connectivity index (χ1n) is 9.50. The molecule has 0 bridgehead atoms. The second-order valence-electron chi connectivity index (χ2n) is 7.52. The van der Waals surface area contributed by atoms with E-state index in [4.69, 9.17) is 16.3 Å². The van der Waals surface area contributed by atoms with E-state index in [-0.39, 0.29) is 29.9 Å². The van der Waals surface area contributed by atoms with E-state index in [1.807, 2.05) is 0 Å². The molecule has 1 unspecified atom stereocenters. The number of carbonyl (C=O) groups excluding carboxylic acids is 1. The Bertz CT molecular complexity index is 1430. The zero-order valence-electron chi connectivity index (χ0n) is 16.3. The van der Waals surface area contributed by atoms with Crippen LogP contribution in [0.1, 0.15) is 27.8 Å². The molecule has 1 atom stereocenters. The molecule has 31 heavy (non-hydrogen) atoms. The molecule has 2 N–H and O–H groups in total. The average Bonchev–Trinajstić information content (AvgIpc) is 3.17. The van der Waals surface area contributed by atoms with E-state index in [1.165, 1.54) is 4.90 Å². The van der Waals surface area contributed by atoms with Crippen LogP contribution in [0.5, 0.6) is 0 Å². The van der Waals surface area contributed by atoms with Crippen molar-refractivity contribution >= 4 is 39.2 Å². The van der Waals surface area contributed by atoms with Crippen LogP contribution < -0.4 is 5.56 Å². The number of halogens is 3. The third kappa shape index (κ3) is 3.19. The maximum atomic E-state index is 14.0. The van der Waals surface area contributed by atoms with Crippen LogP contribution in [0.4, 0.5) is 8.78 Å². The molecule has 6 nitrogen and oxygen atoms in total. The van der Waals surface area contributed by atoms with Gasteiger partial charge in [0.05, 0.1) is 24.6 Å². The Morgan fingerprint density at radius 1 is 1.13 bits per heavy atom. The van der Waals surface area contributed by atoms with Crippen molar-refractivity contribution in [1.82, 2.24) is 14.9 Å². The quantitative estimate of drug-likeness (QED) is 0.485. The first kappa shape index (κ1) is 19.7. The molecule has 2 aromatic heterocycles. The molecular weight excluding hydrogens is 428 g/mol. The molecule has 4 aromatic rings. The number of amides is 1. The van der Waals surface area contributed by atoms with E-state index in [0.29, 0.717) is 22.0 Å². The van der Waals surface area contributed by atoms with E-state index >= 15 is 0 Å². The highest BCUT2D eigenvalue weighted by atomic mass is 35.5. The van der Waals surface area contributed by atoms with Crippen LogP contribution in [0.15, 0.2) is 41.2 Å². The summed E-state index contributed by atoms with van der Waals surface area (Å²) in [7, 11) is 1.60. The number of nitrogens with one attached hydrogen (secondary N) is 2. The molecule has 9 heteroatoms. The van der Waals surface area contributed by atoms with E-state index < -0.39 is 23.2 Å². The number of aromatic amines is 2. The number of fused-ring (bicyclic) bond motifs is 4. The van der Waals surface area contributed by atoms with Crippen molar-refractivity contribution < 1.29 is 18.3 Å². The minimum atomic E-state index is -1.11. The van der Waals surface area contributed by atoms with Crippen molar-refractivity contribution in [1.29, 1.82) is 0 Å². The van der Waals surface area contributed by atoms with E-state index in [2.05, 4.69) is 9.97 Å². The number of likely N-dealkylation sites (N-methyl/N-ethyl adjacent to an activating group) is 1. The predicted octanol–water partition coefficient (Wildman–Crippen LogP) is 4.28. The van der Waals surface area contributed by atoms with Gasteiger partial charge in [0.25, 0.3) is 11.5 Å². The Morgan fingerprint density at radius 2 is 1.87 bits per heavy atom. The highest BCUT2D eigenvalue weighted by molar-refractivity contribution is 6.31. The van der Waals surface area contributed by atoms with Crippen molar-refractivity contribution in [2.45, 2.75) is 12.6 Å². The molecule has 158 valence electrons. The first-order valence-corrected chi connectivity index (χ1v) is 9.88. The van der Waals surface area contributed by atoms with Gasteiger partial charge in [-0.25, -0.2) is 8.78 Å². The summed E-state index contributed by atoms with van der Waals surface area (Å²) in [5.41, 5.74) is 1.53. The molecule has 5 rings (SSSR count). The average molecular weight is 444 g/mol. The standard InChI is InChI=1S/C22H16ClF2N3O3/c1-28(22(30)17-5-10-4-11(23)2-3-16(10)26-17)19-9-31-8-18-20(19)12-6-14(24)15(25)7-13(12)21(29)27-18/h2-7,19,26H,8-9H2,1H3,(H,27,29).